The predicted octanol–water partition coefficient (Wildman–Crippen LogP) is 0.574. The average Bonchev–Trinajstić information content (AvgIpc) is 3.21. The van der Waals surface area contributed by atoms with E-state index in [1.54, 1.807) is 4.90 Å². The quantitative estimate of drug-likeness (QED) is 0.483. The summed E-state index contributed by atoms with van der Waals surface area (Å²) in [6, 6.07) is -0.808. The number of aliphatic hydroxyl groups is 1. The molecule has 0 aromatic rings. The van der Waals surface area contributed by atoms with Crippen molar-refractivity contribution in [2.45, 2.75) is 83.1 Å². The molecule has 3 rings (SSSR count). The molecule has 2 unspecified atom stereocenters. The van der Waals surface area contributed by atoms with Gasteiger partial charge in [0.1, 0.15) is 11.6 Å². The molecule has 1 spiro atoms. The molecule has 0 aromatic heterocycles. The first-order valence-electron chi connectivity index (χ1n) is 10.9. The van der Waals surface area contributed by atoms with Crippen LogP contribution in [0.3, 0.4) is 0 Å². The van der Waals surface area contributed by atoms with Crippen molar-refractivity contribution in [1.29, 1.82) is 0 Å². The third kappa shape index (κ3) is 3.54. The maximum absolute atomic E-state index is 13.5. The number of hydrogen-bond acceptors (Lipinski definition) is 5. The fraction of sp³-hybridized carbons (Fsp3) is 0.857. The van der Waals surface area contributed by atoms with Gasteiger partial charge in [-0.15, -0.1) is 0 Å². The Hall–Kier alpha value is -1.67. The lowest BCUT2D eigenvalue weighted by molar-refractivity contribution is -0.146. The van der Waals surface area contributed by atoms with Crippen molar-refractivity contribution in [3.63, 3.8) is 0 Å². The van der Waals surface area contributed by atoms with E-state index >= 15 is 0 Å². The Bertz CT molecular complexity index is 669. The van der Waals surface area contributed by atoms with Crippen molar-refractivity contribution in [2.24, 2.45) is 11.8 Å². The van der Waals surface area contributed by atoms with E-state index in [1.165, 1.54) is 0 Å². The van der Waals surface area contributed by atoms with E-state index in [9.17, 15) is 14.4 Å². The van der Waals surface area contributed by atoms with Gasteiger partial charge >= 0.3 is 0 Å². The van der Waals surface area contributed by atoms with Crippen molar-refractivity contribution in [2.75, 3.05) is 19.7 Å². The second-order valence-electron chi connectivity index (χ2n) is 9.14. The lowest BCUT2D eigenvalue weighted by Gasteiger charge is -2.34. The molecular formula is C21H35N3O5. The van der Waals surface area contributed by atoms with Crippen LogP contribution in [0.2, 0.25) is 0 Å². The third-order valence-electron chi connectivity index (χ3n) is 6.59. The highest BCUT2D eigenvalue weighted by Crippen LogP contribution is 2.63. The molecule has 2 bridgehead atoms. The lowest BCUT2D eigenvalue weighted by Crippen LogP contribution is -2.56. The summed E-state index contributed by atoms with van der Waals surface area (Å²) in [7, 11) is 0. The van der Waals surface area contributed by atoms with E-state index in [-0.39, 0.29) is 30.4 Å². The second-order valence-corrected chi connectivity index (χ2v) is 9.14. The number of hydrogen-bond donors (Lipinski definition) is 3. The standard InChI is InChI=1S/C21H35N3O5/c1-5-10-22-17(26)14-15-19(28)24(11-6-7-12-25)16(18(27)23-13(2)3)21(15)9-8-20(14,4)29-21/h13-16,25H,5-12H2,1-4H3,(H,22,26)(H,23,27)/t14-,15-,16?,20+,21?/m0/s1. The highest BCUT2D eigenvalue weighted by molar-refractivity contribution is 5.99. The predicted molar refractivity (Wildman–Crippen MR) is 107 cm³/mol. The number of aliphatic hydroxyl groups excluding tert-OH is 1. The number of nitrogens with one attached hydrogen (secondary N) is 2. The van der Waals surface area contributed by atoms with E-state index in [4.69, 9.17) is 9.84 Å². The molecule has 29 heavy (non-hydrogen) atoms. The molecule has 0 saturated carbocycles. The number of nitrogens with zero attached hydrogens (tertiary/aromatic N) is 1. The van der Waals surface area contributed by atoms with Crippen LogP contribution in [0.15, 0.2) is 0 Å². The van der Waals surface area contributed by atoms with Crippen LogP contribution < -0.4 is 10.6 Å². The van der Waals surface area contributed by atoms with Gasteiger partial charge in [-0.1, -0.05) is 6.92 Å². The number of likely N-dealkylation sites (tertiary alicyclic amines) is 1. The number of amides is 3. The Morgan fingerprint density at radius 3 is 2.62 bits per heavy atom. The van der Waals surface area contributed by atoms with Crippen LogP contribution in [0.4, 0.5) is 0 Å². The maximum Gasteiger partial charge on any atom is 0.246 e. The van der Waals surface area contributed by atoms with Gasteiger partial charge in [0, 0.05) is 25.7 Å². The minimum Gasteiger partial charge on any atom is -0.396 e. The van der Waals surface area contributed by atoms with Gasteiger partial charge < -0.3 is 25.4 Å². The molecular weight excluding hydrogens is 374 g/mol. The van der Waals surface area contributed by atoms with Crippen LogP contribution in [0, 0.1) is 11.8 Å². The number of unbranched alkanes of at least 4 members (excludes halogenated alkanes) is 1. The molecule has 0 aliphatic carbocycles. The SMILES string of the molecule is CCCNC(=O)[C@@H]1[C@H]2C(=O)N(CCCCO)C(C(=O)NC(C)C)C23CC[C@@]1(C)O3. The lowest BCUT2D eigenvalue weighted by atomic mass is 9.66. The number of fused-ring (bicyclic) bond motifs is 1. The van der Waals surface area contributed by atoms with Gasteiger partial charge in [0.25, 0.3) is 0 Å². The first kappa shape index (κ1) is 22.0. The van der Waals surface area contributed by atoms with Gasteiger partial charge in [-0.05, 0) is 52.9 Å². The monoisotopic (exact) mass is 409 g/mol. The highest BCUT2D eigenvalue weighted by Gasteiger charge is 2.77. The second kappa shape index (κ2) is 8.22. The summed E-state index contributed by atoms with van der Waals surface area (Å²) in [5.41, 5.74) is -1.69. The van der Waals surface area contributed by atoms with Crippen molar-refractivity contribution in [3.8, 4) is 0 Å². The number of carbonyl (C=O) groups is 3. The van der Waals surface area contributed by atoms with Crippen molar-refractivity contribution >= 4 is 17.7 Å². The molecule has 3 fully saturated rings. The molecule has 0 aromatic carbocycles. The van der Waals surface area contributed by atoms with Gasteiger partial charge in [-0.3, -0.25) is 14.4 Å². The Morgan fingerprint density at radius 2 is 2.00 bits per heavy atom. The van der Waals surface area contributed by atoms with Crippen molar-refractivity contribution in [3.05, 3.63) is 0 Å². The van der Waals surface area contributed by atoms with Gasteiger partial charge in [-0.2, -0.15) is 0 Å². The number of ether oxygens (including phenoxy) is 1. The minimum absolute atomic E-state index is 0.0378. The zero-order valence-electron chi connectivity index (χ0n) is 18.0. The van der Waals surface area contributed by atoms with E-state index in [0.29, 0.717) is 38.8 Å². The summed E-state index contributed by atoms with van der Waals surface area (Å²) < 4.78 is 6.47. The number of rotatable bonds is 9. The summed E-state index contributed by atoms with van der Waals surface area (Å²) in [5.74, 6) is -1.79. The van der Waals surface area contributed by atoms with Crippen LogP contribution in [0.25, 0.3) is 0 Å². The molecule has 3 aliphatic heterocycles. The molecule has 3 N–H and O–H groups in total. The van der Waals surface area contributed by atoms with Crippen LogP contribution in [-0.4, -0.2) is 70.7 Å². The molecule has 3 amide bonds. The molecule has 3 aliphatic rings. The van der Waals surface area contributed by atoms with E-state index in [0.717, 1.165) is 6.42 Å². The van der Waals surface area contributed by atoms with Crippen molar-refractivity contribution < 1.29 is 24.2 Å². The third-order valence-corrected chi connectivity index (χ3v) is 6.59. The highest BCUT2D eigenvalue weighted by atomic mass is 16.5. The Balaban J connectivity index is 1.96. The van der Waals surface area contributed by atoms with Gasteiger partial charge in [-0.25, -0.2) is 0 Å². The molecule has 0 radical (unpaired) electrons. The summed E-state index contributed by atoms with van der Waals surface area (Å²) in [5, 5.41) is 15.0. The van der Waals surface area contributed by atoms with Gasteiger partial charge in [0.05, 0.1) is 17.4 Å². The average molecular weight is 410 g/mol. The molecule has 164 valence electrons. The summed E-state index contributed by atoms with van der Waals surface area (Å²) in [4.78, 5) is 41.3. The minimum atomic E-state index is -0.960. The van der Waals surface area contributed by atoms with E-state index < -0.39 is 29.1 Å². The van der Waals surface area contributed by atoms with Crippen LogP contribution in [0.5, 0.6) is 0 Å². The first-order valence-corrected chi connectivity index (χ1v) is 10.9. The van der Waals surface area contributed by atoms with E-state index in [2.05, 4.69) is 10.6 Å². The summed E-state index contributed by atoms with van der Waals surface area (Å²) >= 11 is 0. The normalized spacial score (nSPS) is 35.3. The molecule has 3 saturated heterocycles. The first-order chi connectivity index (χ1) is 13.7. The Labute approximate surface area is 172 Å². The smallest absolute Gasteiger partial charge is 0.246 e. The molecule has 3 heterocycles. The maximum atomic E-state index is 13.5. The van der Waals surface area contributed by atoms with Crippen LogP contribution in [-0.2, 0) is 19.1 Å². The van der Waals surface area contributed by atoms with Gasteiger partial charge in [0.15, 0.2) is 0 Å². The summed E-state index contributed by atoms with van der Waals surface area (Å²) in [6.45, 7) is 8.61. The molecule has 8 nitrogen and oxygen atoms in total. The number of carbonyl (C=O) groups excluding carboxylic acids is 3. The topological polar surface area (TPSA) is 108 Å². The zero-order valence-corrected chi connectivity index (χ0v) is 18.0. The fourth-order valence-corrected chi connectivity index (χ4v) is 5.48. The van der Waals surface area contributed by atoms with Crippen LogP contribution in [0.1, 0.15) is 59.8 Å². The van der Waals surface area contributed by atoms with Gasteiger partial charge in [0.2, 0.25) is 17.7 Å². The zero-order chi connectivity index (χ0) is 21.4. The van der Waals surface area contributed by atoms with Crippen molar-refractivity contribution in [1.82, 2.24) is 15.5 Å². The fourth-order valence-electron chi connectivity index (χ4n) is 5.48. The van der Waals surface area contributed by atoms with E-state index in [1.807, 2.05) is 27.7 Å². The largest absolute Gasteiger partial charge is 0.396 e. The summed E-state index contributed by atoms with van der Waals surface area (Å²) in [6.07, 6.45) is 3.20. The molecule has 5 atom stereocenters. The Kier molecular flexibility index (Phi) is 6.24. The Morgan fingerprint density at radius 1 is 1.28 bits per heavy atom. The molecule has 8 heteroatoms. The van der Waals surface area contributed by atoms with Crippen LogP contribution >= 0.6 is 0 Å².